The average Bonchev–Trinajstić information content (AvgIpc) is 2.49. The highest BCUT2D eigenvalue weighted by atomic mass is 16.2. The van der Waals surface area contributed by atoms with Crippen LogP contribution in [0.25, 0.3) is 0 Å². The Balaban J connectivity index is 1.67. The first-order valence-electron chi connectivity index (χ1n) is 8.30. The van der Waals surface area contributed by atoms with Gasteiger partial charge in [0.05, 0.1) is 5.92 Å². The Hall–Kier alpha value is -1.51. The van der Waals surface area contributed by atoms with E-state index in [9.17, 15) is 4.79 Å². The van der Waals surface area contributed by atoms with Crippen molar-refractivity contribution in [1.82, 2.24) is 5.32 Å². The van der Waals surface area contributed by atoms with Crippen LogP contribution < -0.4 is 10.6 Å². The summed E-state index contributed by atoms with van der Waals surface area (Å²) in [6, 6.07) is 8.88. The molecule has 1 amide bonds. The zero-order valence-electron chi connectivity index (χ0n) is 13.1. The Morgan fingerprint density at radius 2 is 1.95 bits per heavy atom. The summed E-state index contributed by atoms with van der Waals surface area (Å²) in [6.07, 6.45) is 5.78. The molecule has 2 aliphatic rings. The maximum absolute atomic E-state index is 12.7. The molecule has 3 nitrogen and oxygen atoms in total. The fourth-order valence-electron chi connectivity index (χ4n) is 3.74. The number of hydrogen-bond acceptors (Lipinski definition) is 2. The summed E-state index contributed by atoms with van der Waals surface area (Å²) in [5.74, 6) is 0.874. The van der Waals surface area contributed by atoms with E-state index in [4.69, 9.17) is 0 Å². The molecule has 1 aliphatic carbocycles. The molecule has 114 valence electrons. The van der Waals surface area contributed by atoms with Crippen LogP contribution in [0.2, 0.25) is 0 Å². The van der Waals surface area contributed by atoms with E-state index < -0.39 is 0 Å². The lowest BCUT2D eigenvalue weighted by atomic mass is 9.84. The number of benzene rings is 1. The van der Waals surface area contributed by atoms with Crippen molar-refractivity contribution in [3.63, 3.8) is 0 Å². The highest BCUT2D eigenvalue weighted by Gasteiger charge is 2.32. The minimum atomic E-state index is 0.0361. The van der Waals surface area contributed by atoms with Crippen LogP contribution in [0.4, 0.5) is 5.69 Å². The first-order chi connectivity index (χ1) is 10.1. The van der Waals surface area contributed by atoms with Crippen molar-refractivity contribution < 1.29 is 4.79 Å². The number of carbonyl (C=O) groups is 1. The van der Waals surface area contributed by atoms with E-state index in [1.54, 1.807) is 0 Å². The van der Waals surface area contributed by atoms with Gasteiger partial charge in [0.15, 0.2) is 0 Å². The lowest BCUT2D eigenvalue weighted by Crippen LogP contribution is -2.49. The van der Waals surface area contributed by atoms with E-state index >= 15 is 0 Å². The number of nitrogens with one attached hydrogen (secondary N) is 2. The van der Waals surface area contributed by atoms with E-state index in [0.717, 1.165) is 12.8 Å². The van der Waals surface area contributed by atoms with Crippen molar-refractivity contribution in [2.75, 3.05) is 5.32 Å². The van der Waals surface area contributed by atoms with Crippen molar-refractivity contribution >= 4 is 11.6 Å². The Kier molecular flexibility index (Phi) is 4.18. The lowest BCUT2D eigenvalue weighted by molar-refractivity contribution is -0.126. The van der Waals surface area contributed by atoms with Gasteiger partial charge in [0.2, 0.25) is 5.91 Å². The molecule has 0 saturated heterocycles. The molecule has 3 rings (SSSR count). The first-order valence-corrected chi connectivity index (χ1v) is 8.30. The van der Waals surface area contributed by atoms with Crippen molar-refractivity contribution in [1.29, 1.82) is 0 Å². The van der Waals surface area contributed by atoms with E-state index in [2.05, 4.69) is 42.7 Å². The van der Waals surface area contributed by atoms with Crippen LogP contribution in [0.3, 0.4) is 0 Å². The zero-order chi connectivity index (χ0) is 14.8. The number of para-hydroxylation sites is 1. The lowest BCUT2D eigenvalue weighted by Gasteiger charge is -2.35. The molecule has 3 heteroatoms. The SMILES string of the molecule is CC1CCCCC1NC(=O)C1Cc2ccccc2NC1C. The van der Waals surface area contributed by atoms with Gasteiger partial charge in [-0.25, -0.2) is 0 Å². The van der Waals surface area contributed by atoms with E-state index in [1.165, 1.54) is 30.5 Å². The quantitative estimate of drug-likeness (QED) is 0.875. The van der Waals surface area contributed by atoms with Gasteiger partial charge in [-0.1, -0.05) is 38.0 Å². The van der Waals surface area contributed by atoms with Crippen molar-refractivity contribution in [3.8, 4) is 0 Å². The molecule has 0 radical (unpaired) electrons. The number of rotatable bonds is 2. The molecule has 0 bridgehead atoms. The third-order valence-electron chi connectivity index (χ3n) is 5.22. The number of hydrogen-bond donors (Lipinski definition) is 2. The number of carbonyl (C=O) groups excluding carboxylic acids is 1. The fraction of sp³-hybridized carbons (Fsp3) is 0.611. The maximum atomic E-state index is 12.7. The standard InChI is InChI=1S/C18H26N2O/c1-12-7-3-5-9-16(12)20-18(21)15-11-14-8-4-6-10-17(14)19-13(15)2/h4,6,8,10,12-13,15-16,19H,3,5,7,9,11H2,1-2H3,(H,20,21). The van der Waals surface area contributed by atoms with Crippen LogP contribution in [0.1, 0.15) is 45.1 Å². The highest BCUT2D eigenvalue weighted by Crippen LogP contribution is 2.29. The highest BCUT2D eigenvalue weighted by molar-refractivity contribution is 5.81. The molecule has 0 spiro atoms. The minimum Gasteiger partial charge on any atom is -0.382 e. The van der Waals surface area contributed by atoms with Crippen LogP contribution in [-0.4, -0.2) is 18.0 Å². The van der Waals surface area contributed by atoms with Crippen LogP contribution in [0.5, 0.6) is 0 Å². The van der Waals surface area contributed by atoms with Gasteiger partial charge in [-0.3, -0.25) is 4.79 Å². The average molecular weight is 286 g/mol. The Bertz CT molecular complexity index is 514. The largest absolute Gasteiger partial charge is 0.382 e. The molecule has 1 fully saturated rings. The Morgan fingerprint density at radius 3 is 2.76 bits per heavy atom. The predicted molar refractivity (Wildman–Crippen MR) is 86.3 cm³/mol. The van der Waals surface area contributed by atoms with Crippen molar-refractivity contribution in [2.45, 2.75) is 58.0 Å². The second kappa shape index (κ2) is 6.08. The number of amides is 1. The van der Waals surface area contributed by atoms with Crippen LogP contribution >= 0.6 is 0 Å². The molecule has 4 unspecified atom stereocenters. The third-order valence-corrected chi connectivity index (χ3v) is 5.22. The molecule has 1 aliphatic heterocycles. The summed E-state index contributed by atoms with van der Waals surface area (Å²) < 4.78 is 0. The predicted octanol–water partition coefficient (Wildman–Crippen LogP) is 3.35. The van der Waals surface area contributed by atoms with Gasteiger partial charge in [-0.15, -0.1) is 0 Å². The van der Waals surface area contributed by atoms with Gasteiger partial charge >= 0.3 is 0 Å². The van der Waals surface area contributed by atoms with Gasteiger partial charge < -0.3 is 10.6 Å². The summed E-state index contributed by atoms with van der Waals surface area (Å²) in [5, 5.41) is 6.80. The van der Waals surface area contributed by atoms with Crippen LogP contribution in [0, 0.1) is 11.8 Å². The number of anilines is 1. The van der Waals surface area contributed by atoms with Crippen LogP contribution in [-0.2, 0) is 11.2 Å². The molecular weight excluding hydrogens is 260 g/mol. The van der Waals surface area contributed by atoms with E-state index in [-0.39, 0.29) is 17.9 Å². The van der Waals surface area contributed by atoms with Gasteiger partial charge in [0.25, 0.3) is 0 Å². The molecule has 1 aromatic carbocycles. The molecular formula is C18H26N2O. The summed E-state index contributed by atoms with van der Waals surface area (Å²) in [7, 11) is 0. The molecule has 1 heterocycles. The minimum absolute atomic E-state index is 0.0361. The maximum Gasteiger partial charge on any atom is 0.225 e. The normalized spacial score (nSPS) is 31.9. The van der Waals surface area contributed by atoms with Crippen molar-refractivity contribution in [2.24, 2.45) is 11.8 Å². The molecule has 21 heavy (non-hydrogen) atoms. The van der Waals surface area contributed by atoms with E-state index in [0.29, 0.717) is 12.0 Å². The molecule has 2 N–H and O–H groups in total. The fourth-order valence-corrected chi connectivity index (χ4v) is 3.74. The number of fused-ring (bicyclic) bond motifs is 1. The second-order valence-electron chi connectivity index (χ2n) is 6.78. The van der Waals surface area contributed by atoms with Crippen molar-refractivity contribution in [3.05, 3.63) is 29.8 Å². The third kappa shape index (κ3) is 3.07. The molecule has 0 aromatic heterocycles. The summed E-state index contributed by atoms with van der Waals surface area (Å²) in [4.78, 5) is 12.7. The van der Waals surface area contributed by atoms with Gasteiger partial charge in [-0.2, -0.15) is 0 Å². The molecule has 4 atom stereocenters. The summed E-state index contributed by atoms with van der Waals surface area (Å²) in [5.41, 5.74) is 2.44. The van der Waals surface area contributed by atoms with Gasteiger partial charge in [-0.05, 0) is 43.7 Å². The zero-order valence-corrected chi connectivity index (χ0v) is 13.1. The second-order valence-corrected chi connectivity index (χ2v) is 6.78. The first kappa shape index (κ1) is 14.4. The van der Waals surface area contributed by atoms with E-state index in [1.807, 2.05) is 6.07 Å². The topological polar surface area (TPSA) is 41.1 Å². The summed E-state index contributed by atoms with van der Waals surface area (Å²) >= 11 is 0. The monoisotopic (exact) mass is 286 g/mol. The summed E-state index contributed by atoms with van der Waals surface area (Å²) in [6.45, 7) is 4.38. The Morgan fingerprint density at radius 1 is 1.19 bits per heavy atom. The molecule has 1 saturated carbocycles. The molecule has 1 aromatic rings. The Labute approximate surface area is 127 Å². The van der Waals surface area contributed by atoms with Gasteiger partial charge in [0.1, 0.15) is 0 Å². The van der Waals surface area contributed by atoms with Gasteiger partial charge in [0, 0.05) is 17.8 Å². The van der Waals surface area contributed by atoms with Crippen LogP contribution in [0.15, 0.2) is 24.3 Å². The smallest absolute Gasteiger partial charge is 0.225 e.